The number of thioether (sulfide) groups is 1. The minimum absolute atomic E-state index is 0.219. The number of benzene rings is 1. The molecule has 3 aliphatic rings. The summed E-state index contributed by atoms with van der Waals surface area (Å²) in [7, 11) is 1.58. The topological polar surface area (TPSA) is 18.8 Å². The van der Waals surface area contributed by atoms with E-state index in [0.29, 0.717) is 6.04 Å². The molecule has 3 unspecified atom stereocenters. The van der Waals surface area contributed by atoms with Crippen molar-refractivity contribution in [1.29, 1.82) is 0 Å². The van der Waals surface area contributed by atoms with Gasteiger partial charge in [-0.05, 0) is 54.7 Å². The first kappa shape index (κ1) is 27.8. The Morgan fingerprint density at radius 2 is 2.00 bits per heavy atom. The largest absolute Gasteiger partial charge is 0.357 e. The molecule has 0 amide bonds. The van der Waals surface area contributed by atoms with Gasteiger partial charge in [0, 0.05) is 25.0 Å². The third-order valence-corrected chi connectivity index (χ3v) is 12.5. The molecule has 3 atom stereocenters. The van der Waals surface area contributed by atoms with Crippen molar-refractivity contribution in [3.8, 4) is 0 Å². The molecule has 1 fully saturated rings. The molecule has 0 aromatic heterocycles. The van der Waals surface area contributed by atoms with Gasteiger partial charge in [0.15, 0.2) is 0 Å². The fourth-order valence-electron chi connectivity index (χ4n) is 6.12. The van der Waals surface area contributed by atoms with Gasteiger partial charge >= 0.3 is 0 Å². The number of likely N-dealkylation sites (N-methyl/N-ethyl adjacent to an activating group) is 1. The van der Waals surface area contributed by atoms with Crippen LogP contribution in [0.25, 0.3) is 0 Å². The number of hydrogen-bond donors (Lipinski definition) is 0. The van der Waals surface area contributed by atoms with E-state index < -0.39 is 7.55 Å². The van der Waals surface area contributed by atoms with Crippen molar-refractivity contribution in [2.45, 2.75) is 83.1 Å². The number of nitrogens with zero attached hydrogens (tertiary/aromatic N) is 3. The fraction of sp³-hybridized carbons (Fsp3) is 0.613. The molecule has 1 aromatic carbocycles. The highest BCUT2D eigenvalue weighted by molar-refractivity contribution is 8.03. The maximum Gasteiger partial charge on any atom is 0.122 e. The summed E-state index contributed by atoms with van der Waals surface area (Å²) < 4.78 is 0. The molecule has 0 bridgehead atoms. The summed E-state index contributed by atoms with van der Waals surface area (Å²) in [5, 5.41) is 1.94. The van der Waals surface area contributed by atoms with Crippen molar-refractivity contribution in [3.05, 3.63) is 53.5 Å². The molecule has 1 aromatic rings. The second kappa shape index (κ2) is 13.5. The summed E-state index contributed by atoms with van der Waals surface area (Å²) in [4.78, 5) is 11.0. The van der Waals surface area contributed by atoms with E-state index in [1.807, 2.05) is 6.08 Å². The van der Waals surface area contributed by atoms with Crippen LogP contribution in [0.5, 0.6) is 0 Å². The van der Waals surface area contributed by atoms with Gasteiger partial charge in [-0.15, -0.1) is 0 Å². The third kappa shape index (κ3) is 7.00. The van der Waals surface area contributed by atoms with Crippen LogP contribution in [0.15, 0.2) is 47.3 Å². The lowest BCUT2D eigenvalue weighted by molar-refractivity contribution is 0.350. The molecular formula is C31H48N3PS. The number of amidine groups is 1. The molecule has 2 aliphatic heterocycles. The monoisotopic (exact) mass is 525 g/mol. The molecule has 198 valence electrons. The summed E-state index contributed by atoms with van der Waals surface area (Å²) in [6, 6.07) is 7.60. The predicted octanol–water partition coefficient (Wildman–Crippen LogP) is 6.60. The number of allylic oxidation sites excluding steroid dienone is 1. The average Bonchev–Trinajstić information content (AvgIpc) is 3.07. The molecule has 4 rings (SSSR count). The smallest absolute Gasteiger partial charge is 0.122 e. The third-order valence-electron chi connectivity index (χ3n) is 8.64. The van der Waals surface area contributed by atoms with Crippen molar-refractivity contribution in [3.63, 3.8) is 0 Å². The van der Waals surface area contributed by atoms with E-state index in [1.165, 1.54) is 69.9 Å². The zero-order chi connectivity index (χ0) is 25.5. The van der Waals surface area contributed by atoms with E-state index in [1.54, 1.807) is 28.2 Å². The molecule has 1 aliphatic carbocycles. The Morgan fingerprint density at radius 1 is 1.22 bits per heavy atom. The fourth-order valence-corrected chi connectivity index (χ4v) is 9.79. The Bertz CT molecular complexity index is 976. The molecular weight excluding hydrogens is 477 g/mol. The van der Waals surface area contributed by atoms with Gasteiger partial charge in [0.25, 0.3) is 0 Å². The molecule has 0 N–H and O–H groups in total. The summed E-state index contributed by atoms with van der Waals surface area (Å²) in [6.45, 7) is 15.8. The van der Waals surface area contributed by atoms with Crippen LogP contribution in [0.4, 0.5) is 0 Å². The minimum Gasteiger partial charge on any atom is -0.357 e. The number of aliphatic imine (C=N–C) groups is 1. The Labute approximate surface area is 225 Å². The molecule has 0 radical (unpaired) electrons. The zero-order valence-corrected chi connectivity index (χ0v) is 24.8. The van der Waals surface area contributed by atoms with E-state index in [0.717, 1.165) is 30.3 Å². The zero-order valence-electron chi connectivity index (χ0n) is 23.0. The van der Waals surface area contributed by atoms with Crippen LogP contribution >= 0.6 is 19.3 Å². The lowest BCUT2D eigenvalue weighted by Gasteiger charge is -2.30. The van der Waals surface area contributed by atoms with Gasteiger partial charge in [0.05, 0.1) is 12.6 Å². The van der Waals surface area contributed by atoms with Crippen molar-refractivity contribution < 1.29 is 0 Å². The van der Waals surface area contributed by atoms with Crippen molar-refractivity contribution >= 4 is 36.2 Å². The summed E-state index contributed by atoms with van der Waals surface area (Å²) >= 11 is 1.74. The first-order chi connectivity index (χ1) is 17.5. The highest BCUT2D eigenvalue weighted by Gasteiger charge is 2.32. The number of rotatable bonds is 10. The second-order valence-corrected chi connectivity index (χ2v) is 14.7. The van der Waals surface area contributed by atoms with Crippen LogP contribution in [0.3, 0.4) is 0 Å². The van der Waals surface area contributed by atoms with Crippen LogP contribution in [-0.2, 0) is 12.8 Å². The van der Waals surface area contributed by atoms with E-state index in [2.05, 4.69) is 67.8 Å². The van der Waals surface area contributed by atoms with E-state index in [9.17, 15) is 0 Å². The molecule has 0 saturated heterocycles. The summed E-state index contributed by atoms with van der Waals surface area (Å²) in [5.41, 5.74) is 3.33. The highest BCUT2D eigenvalue weighted by Crippen LogP contribution is 2.33. The normalized spacial score (nSPS) is 25.8. The molecule has 5 heteroatoms. The average molecular weight is 526 g/mol. The Balaban J connectivity index is 1.41. The first-order valence-corrected chi connectivity index (χ1v) is 17.0. The first-order valence-electron chi connectivity index (χ1n) is 14.3. The van der Waals surface area contributed by atoms with Crippen molar-refractivity contribution in [2.24, 2.45) is 10.9 Å². The lowest BCUT2D eigenvalue weighted by Crippen LogP contribution is -2.42. The maximum atomic E-state index is 5.07. The van der Waals surface area contributed by atoms with Gasteiger partial charge in [-0.25, -0.2) is 0 Å². The Hall–Kier alpha value is -1.22. The summed E-state index contributed by atoms with van der Waals surface area (Å²) in [5.74, 6) is 4.85. The van der Waals surface area contributed by atoms with Crippen LogP contribution in [0.2, 0.25) is 0 Å². The molecule has 2 heterocycles. The number of hydrogen-bond acceptors (Lipinski definition) is 4. The van der Waals surface area contributed by atoms with Gasteiger partial charge < -0.3 is 4.90 Å². The van der Waals surface area contributed by atoms with Gasteiger partial charge in [-0.1, -0.05) is 108 Å². The molecule has 1 saturated carbocycles. The predicted molar refractivity (Wildman–Crippen MR) is 166 cm³/mol. The van der Waals surface area contributed by atoms with Gasteiger partial charge in [0.2, 0.25) is 0 Å². The molecule has 0 spiro atoms. The quantitative estimate of drug-likeness (QED) is 0.195. The van der Waals surface area contributed by atoms with Crippen LogP contribution < -0.4 is 5.30 Å². The minimum atomic E-state index is -0.612. The lowest BCUT2D eigenvalue weighted by atomic mass is 9.91. The van der Waals surface area contributed by atoms with E-state index >= 15 is 0 Å². The van der Waals surface area contributed by atoms with Crippen LogP contribution in [0.1, 0.15) is 69.9 Å². The second-order valence-electron chi connectivity index (χ2n) is 11.0. The van der Waals surface area contributed by atoms with Gasteiger partial charge in [0.1, 0.15) is 11.2 Å². The van der Waals surface area contributed by atoms with E-state index in [-0.39, 0.29) is 5.37 Å². The Kier molecular flexibility index (Phi) is 10.5. The SMILES string of the molecule is C=CC(=C)SC1N=C(CN2CC=[PH](c3cccc(CC)c3CCC3CCCCCC3)CC2)N(C)C1C. The van der Waals surface area contributed by atoms with Crippen LogP contribution in [0, 0.1) is 5.92 Å². The van der Waals surface area contributed by atoms with Crippen molar-refractivity contribution in [1.82, 2.24) is 9.80 Å². The van der Waals surface area contributed by atoms with Gasteiger partial charge in [-0.2, -0.15) is 0 Å². The molecule has 3 nitrogen and oxygen atoms in total. The standard InChI is InChI=1S/C31H48N3PS/c1-6-24(3)36-31-25(4)33(5)30(32-31)23-34-19-21-35(22-20-34)29-16-12-15-27(7-2)28(29)18-17-26-13-10-8-9-11-14-26/h6,12,15-16,21,25-26,31,35H,1,3,7-11,13-14,17-20,22-23H2,2,4-5H3. The number of aryl methyl sites for hydroxylation is 1. The summed E-state index contributed by atoms with van der Waals surface area (Å²) in [6.07, 6.45) is 15.7. The van der Waals surface area contributed by atoms with E-state index in [4.69, 9.17) is 4.99 Å². The highest BCUT2D eigenvalue weighted by atomic mass is 32.2. The van der Waals surface area contributed by atoms with Crippen molar-refractivity contribution in [2.75, 3.05) is 32.8 Å². The maximum absolute atomic E-state index is 5.07. The van der Waals surface area contributed by atoms with Gasteiger partial charge in [-0.3, -0.25) is 9.89 Å². The van der Waals surface area contributed by atoms with Crippen LogP contribution in [-0.4, -0.2) is 65.7 Å². The molecule has 36 heavy (non-hydrogen) atoms. The Morgan fingerprint density at radius 3 is 2.67 bits per heavy atom.